The lowest BCUT2D eigenvalue weighted by Crippen LogP contribution is -2.34. The molecular formula is C43H45F2N17O4. The van der Waals surface area contributed by atoms with Crippen LogP contribution in [0.2, 0.25) is 0 Å². The summed E-state index contributed by atoms with van der Waals surface area (Å²) in [5.74, 6) is -0.744. The summed E-state index contributed by atoms with van der Waals surface area (Å²) >= 11 is 0. The molecule has 340 valence electrons. The number of carbonyl (C=O) groups excluding carboxylic acids is 1. The summed E-state index contributed by atoms with van der Waals surface area (Å²) in [6.45, 7) is 8.41. The molecule has 23 heteroatoms. The normalized spacial score (nSPS) is 16.4. The number of aromatic nitrogens is 12. The van der Waals surface area contributed by atoms with E-state index in [-0.39, 0.29) is 43.5 Å². The zero-order valence-electron chi connectivity index (χ0n) is 36.2. The molecule has 2 aromatic carbocycles. The Balaban J connectivity index is 0.000000170. The first-order valence-corrected chi connectivity index (χ1v) is 21.0. The molecule has 2 aliphatic heterocycles. The van der Waals surface area contributed by atoms with Gasteiger partial charge >= 0.3 is 6.03 Å². The van der Waals surface area contributed by atoms with Crippen molar-refractivity contribution in [2.45, 2.75) is 58.9 Å². The minimum Gasteiger partial charge on any atom is -0.397 e. The number of pyridine rings is 2. The third kappa shape index (κ3) is 10.4. The number of likely N-dealkylation sites (tertiary alicyclic amines) is 1. The summed E-state index contributed by atoms with van der Waals surface area (Å²) in [6, 6.07) is 13.2. The second-order valence-corrected chi connectivity index (χ2v) is 15.3. The van der Waals surface area contributed by atoms with Gasteiger partial charge in [-0.05, 0) is 51.6 Å². The fourth-order valence-electron chi connectivity index (χ4n) is 7.05. The lowest BCUT2D eigenvalue weighted by molar-refractivity contribution is 0.0675. The van der Waals surface area contributed by atoms with E-state index in [1.807, 2.05) is 25.1 Å². The summed E-state index contributed by atoms with van der Waals surface area (Å²) < 4.78 is 32.2. The molecule has 4 N–H and O–H groups in total. The quantitative estimate of drug-likeness (QED) is 0.130. The number of aliphatic hydroxyl groups is 1. The van der Waals surface area contributed by atoms with Crippen LogP contribution < -0.4 is 11.1 Å². The Morgan fingerprint density at radius 2 is 1.32 bits per heavy atom. The number of rotatable bonds is 10. The van der Waals surface area contributed by atoms with Crippen molar-refractivity contribution >= 4 is 61.8 Å². The van der Waals surface area contributed by atoms with Crippen LogP contribution in [0.3, 0.4) is 0 Å². The van der Waals surface area contributed by atoms with E-state index in [4.69, 9.17) is 20.5 Å². The van der Waals surface area contributed by atoms with Gasteiger partial charge in [0.05, 0.1) is 43.1 Å². The van der Waals surface area contributed by atoms with E-state index < -0.39 is 6.03 Å². The first kappa shape index (κ1) is 44.8. The van der Waals surface area contributed by atoms with Gasteiger partial charge in [0.25, 0.3) is 0 Å². The third-order valence-electron chi connectivity index (χ3n) is 10.5. The second-order valence-electron chi connectivity index (χ2n) is 15.3. The molecule has 66 heavy (non-hydrogen) atoms. The highest BCUT2D eigenvalue weighted by Gasteiger charge is 2.26. The second kappa shape index (κ2) is 20.4. The van der Waals surface area contributed by atoms with Crippen LogP contribution in [-0.2, 0) is 22.8 Å². The molecule has 0 bridgehead atoms. The van der Waals surface area contributed by atoms with Crippen molar-refractivity contribution in [2.75, 3.05) is 32.8 Å². The summed E-state index contributed by atoms with van der Waals surface area (Å²) in [6.07, 6.45) is 7.77. The maximum atomic E-state index is 14.6. The fourth-order valence-corrected chi connectivity index (χ4v) is 7.05. The van der Waals surface area contributed by atoms with Gasteiger partial charge in [0.1, 0.15) is 46.7 Å². The molecule has 0 saturated carbocycles. The third-order valence-corrected chi connectivity index (χ3v) is 10.5. The van der Waals surface area contributed by atoms with Crippen molar-refractivity contribution in [3.63, 3.8) is 0 Å². The summed E-state index contributed by atoms with van der Waals surface area (Å²) in [7, 11) is 0. The predicted molar refractivity (Wildman–Crippen MR) is 238 cm³/mol. The zero-order chi connectivity index (χ0) is 46.2. The SMILES string of the molecule is C/C(=N\O[C@H]1CCN(C(N)=O)C1)c1cnc2nnn(Cc3cc4cccnc4cc3F)c2n1.C/C(=N\O[C@H]1CCNC1)c1cnc2nnn(Cc3cc4cccnc4cc3F)c2n1.CCO. The summed E-state index contributed by atoms with van der Waals surface area (Å²) in [5, 5.41) is 37.1. The van der Waals surface area contributed by atoms with E-state index in [9.17, 15) is 13.6 Å². The first-order valence-electron chi connectivity index (χ1n) is 21.0. The number of hydrogen-bond donors (Lipinski definition) is 3. The highest BCUT2D eigenvalue weighted by atomic mass is 19.1. The maximum absolute atomic E-state index is 14.6. The molecule has 2 fully saturated rings. The number of nitrogens with two attached hydrogens (primary N) is 1. The standard InChI is InChI=1S/C21H20FN9O2.C20H19FN8O.C2H6O/c1-12(28-33-15-4-6-30(11-15)21(23)32)18-9-25-19-20(26-18)31(29-27-19)10-14-7-13-3-2-5-24-17(13)8-16(14)22;1-12(27-30-15-4-6-22-9-15)18-10-24-19-20(25-18)29(28-26-19)11-14-7-13-3-2-5-23-17(13)8-16(14)21;1-2-3/h2-3,5,7-9,15H,4,6,10-11H2,1H3,(H2,23,32);2-3,5,7-8,10,15,22H,4,6,9,11H2,1H3;3H,2H2,1H3/b28-12+;27-12+;/t2*15-;/m00./s1. The Hall–Kier alpha value is -7.79. The van der Waals surface area contributed by atoms with Crippen molar-refractivity contribution in [2.24, 2.45) is 16.0 Å². The Bertz CT molecular complexity index is 3070. The lowest BCUT2D eigenvalue weighted by Gasteiger charge is -2.12. The number of urea groups is 1. The molecule has 21 nitrogen and oxygen atoms in total. The number of amides is 2. The average Bonchev–Trinajstić information content (AvgIpc) is 4.17. The molecule has 0 spiro atoms. The highest BCUT2D eigenvalue weighted by molar-refractivity contribution is 5.97. The largest absolute Gasteiger partial charge is 0.397 e. The number of halogens is 2. The van der Waals surface area contributed by atoms with Crippen LogP contribution >= 0.6 is 0 Å². The van der Waals surface area contributed by atoms with Crippen LogP contribution in [-0.4, -0.2) is 132 Å². The molecule has 8 heterocycles. The van der Waals surface area contributed by atoms with E-state index in [0.29, 0.717) is 87.1 Å². The molecule has 8 aromatic rings. The molecule has 2 saturated heterocycles. The van der Waals surface area contributed by atoms with E-state index in [1.54, 1.807) is 50.6 Å². The molecule has 2 aliphatic rings. The maximum Gasteiger partial charge on any atom is 0.314 e. The van der Waals surface area contributed by atoms with Crippen molar-refractivity contribution in [1.29, 1.82) is 0 Å². The van der Waals surface area contributed by atoms with Crippen molar-refractivity contribution in [1.82, 2.24) is 70.1 Å². The number of aliphatic hydroxyl groups excluding tert-OH is 1. The molecule has 2 amide bonds. The predicted octanol–water partition coefficient (Wildman–Crippen LogP) is 3.91. The van der Waals surface area contributed by atoms with Gasteiger partial charge in [-0.25, -0.2) is 42.9 Å². The minimum absolute atomic E-state index is 0.0641. The monoisotopic (exact) mass is 901 g/mol. The number of hydrogen-bond acceptors (Lipinski definition) is 17. The van der Waals surface area contributed by atoms with Crippen molar-refractivity contribution in [3.05, 3.63) is 107 Å². The van der Waals surface area contributed by atoms with Crippen molar-refractivity contribution in [3.8, 4) is 0 Å². The highest BCUT2D eigenvalue weighted by Crippen LogP contribution is 2.21. The molecule has 0 radical (unpaired) electrons. The van der Waals surface area contributed by atoms with Crippen LogP contribution in [0.5, 0.6) is 0 Å². The molecule has 0 unspecified atom stereocenters. The number of nitrogens with zero attached hydrogens (tertiary/aromatic N) is 15. The number of carbonyl (C=O) groups is 1. The minimum atomic E-state index is -0.474. The van der Waals surface area contributed by atoms with E-state index >= 15 is 0 Å². The van der Waals surface area contributed by atoms with Crippen LogP contribution in [0.4, 0.5) is 13.6 Å². The lowest BCUT2D eigenvalue weighted by atomic mass is 10.1. The van der Waals surface area contributed by atoms with Gasteiger partial charge in [0, 0.05) is 79.0 Å². The van der Waals surface area contributed by atoms with Gasteiger partial charge < -0.3 is 30.7 Å². The number of fused-ring (bicyclic) bond motifs is 4. The number of nitrogens with one attached hydrogen (secondary N) is 1. The molecule has 6 aromatic heterocycles. The average molecular weight is 902 g/mol. The Labute approximate surface area is 374 Å². The smallest absolute Gasteiger partial charge is 0.314 e. The van der Waals surface area contributed by atoms with Gasteiger partial charge in [0.2, 0.25) is 11.3 Å². The van der Waals surface area contributed by atoms with Gasteiger partial charge in [-0.2, -0.15) is 0 Å². The van der Waals surface area contributed by atoms with E-state index in [1.165, 1.54) is 32.6 Å². The number of primary amides is 1. The Morgan fingerprint density at radius 3 is 1.79 bits per heavy atom. The van der Waals surface area contributed by atoms with Crippen LogP contribution in [0, 0.1) is 11.6 Å². The van der Waals surface area contributed by atoms with Gasteiger partial charge in [-0.15, -0.1) is 10.2 Å². The van der Waals surface area contributed by atoms with Crippen molar-refractivity contribution < 1.29 is 28.4 Å². The van der Waals surface area contributed by atoms with Crippen LogP contribution in [0.15, 0.2) is 83.6 Å². The van der Waals surface area contributed by atoms with Gasteiger partial charge in [-0.3, -0.25) is 9.97 Å². The summed E-state index contributed by atoms with van der Waals surface area (Å²) in [4.78, 5) is 50.0. The van der Waals surface area contributed by atoms with Gasteiger partial charge in [-0.1, -0.05) is 32.9 Å². The first-order chi connectivity index (χ1) is 32.1. The molecule has 2 atom stereocenters. The number of oxime groups is 2. The zero-order valence-corrected chi connectivity index (χ0v) is 36.2. The molecule has 0 aliphatic carbocycles. The van der Waals surface area contributed by atoms with Gasteiger partial charge in [0.15, 0.2) is 11.3 Å². The fraction of sp³-hybridized carbons (Fsp3) is 0.326. The number of benzene rings is 2. The Morgan fingerprint density at radius 1 is 0.803 bits per heavy atom. The van der Waals surface area contributed by atoms with E-state index in [2.05, 4.69) is 66.2 Å². The van der Waals surface area contributed by atoms with E-state index in [0.717, 1.165) is 30.3 Å². The topological polar surface area (TPSA) is 261 Å². The summed E-state index contributed by atoms with van der Waals surface area (Å²) in [5.41, 5.74) is 11.1. The van der Waals surface area contributed by atoms with Crippen LogP contribution in [0.25, 0.3) is 44.4 Å². The molecule has 10 rings (SSSR count). The molecular weight excluding hydrogens is 857 g/mol. The van der Waals surface area contributed by atoms with Crippen LogP contribution in [0.1, 0.15) is 56.1 Å². The Kier molecular flexibility index (Phi) is 13.8.